The highest BCUT2D eigenvalue weighted by atomic mass is 16.5. The van der Waals surface area contributed by atoms with Gasteiger partial charge in [-0.3, -0.25) is 9.78 Å². The molecule has 1 amide bonds. The number of piperidine rings is 1. The molecule has 0 radical (unpaired) electrons. The van der Waals surface area contributed by atoms with Crippen LogP contribution in [0.5, 0.6) is 0 Å². The zero-order valence-electron chi connectivity index (χ0n) is 16.5. The standard InChI is InChI=1S/C23H24N4O2/c1-15-4-2-5-16(10-15)11-21(28)27-19-7-8-20(27)13-18(12-19)23-25-22(26-29-23)17-6-3-9-24-14-17/h2-6,9-10,14,18-20H,7-8,11-13H2,1H3/t18?,19-,20+. The van der Waals surface area contributed by atoms with Gasteiger partial charge in [-0.2, -0.15) is 4.98 Å². The Morgan fingerprint density at radius 2 is 2.00 bits per heavy atom. The number of carbonyl (C=O) groups excluding carboxylic acids is 1. The SMILES string of the molecule is Cc1cccc(CC(=O)N2[C@@H]3CC[C@H]2CC(c2nc(-c4cccnc4)no2)C3)c1. The van der Waals surface area contributed by atoms with Crippen LogP contribution < -0.4 is 0 Å². The third kappa shape index (κ3) is 3.55. The first-order valence-corrected chi connectivity index (χ1v) is 10.3. The maximum Gasteiger partial charge on any atom is 0.230 e. The normalized spacial score (nSPS) is 23.3. The van der Waals surface area contributed by atoms with Crippen LogP contribution in [0.15, 0.2) is 53.3 Å². The third-order valence-electron chi connectivity index (χ3n) is 6.17. The van der Waals surface area contributed by atoms with Crippen molar-refractivity contribution in [3.05, 3.63) is 65.8 Å². The Bertz CT molecular complexity index is 1000. The van der Waals surface area contributed by atoms with Crippen molar-refractivity contribution in [1.29, 1.82) is 0 Å². The summed E-state index contributed by atoms with van der Waals surface area (Å²) in [5, 5.41) is 4.14. The molecule has 1 unspecified atom stereocenters. The van der Waals surface area contributed by atoms with Gasteiger partial charge in [0.2, 0.25) is 17.6 Å². The number of benzene rings is 1. The van der Waals surface area contributed by atoms with E-state index < -0.39 is 0 Å². The number of hydrogen-bond donors (Lipinski definition) is 0. The van der Waals surface area contributed by atoms with Crippen molar-refractivity contribution in [2.45, 2.75) is 57.0 Å². The van der Waals surface area contributed by atoms with Gasteiger partial charge in [-0.25, -0.2) is 0 Å². The molecule has 2 aliphatic heterocycles. The Morgan fingerprint density at radius 3 is 2.72 bits per heavy atom. The second-order valence-electron chi connectivity index (χ2n) is 8.22. The Balaban J connectivity index is 1.29. The van der Waals surface area contributed by atoms with Crippen molar-refractivity contribution in [3.63, 3.8) is 0 Å². The van der Waals surface area contributed by atoms with Crippen LogP contribution in [0.3, 0.4) is 0 Å². The van der Waals surface area contributed by atoms with Crippen LogP contribution in [0, 0.1) is 6.92 Å². The number of aromatic nitrogens is 3. The Kier molecular flexibility index (Phi) is 4.62. The molecule has 29 heavy (non-hydrogen) atoms. The van der Waals surface area contributed by atoms with Crippen molar-refractivity contribution in [2.75, 3.05) is 0 Å². The number of pyridine rings is 1. The van der Waals surface area contributed by atoms with Gasteiger partial charge < -0.3 is 9.42 Å². The van der Waals surface area contributed by atoms with Gasteiger partial charge in [0.25, 0.3) is 0 Å². The molecular weight excluding hydrogens is 364 g/mol. The van der Waals surface area contributed by atoms with E-state index in [1.165, 1.54) is 5.56 Å². The molecule has 2 fully saturated rings. The molecule has 2 bridgehead atoms. The summed E-state index contributed by atoms with van der Waals surface area (Å²) >= 11 is 0. The first kappa shape index (κ1) is 18.0. The van der Waals surface area contributed by atoms with Crippen LogP contribution in [0.4, 0.5) is 0 Å². The zero-order chi connectivity index (χ0) is 19.8. The van der Waals surface area contributed by atoms with Gasteiger partial charge in [0.05, 0.1) is 6.42 Å². The minimum atomic E-state index is 0.216. The first-order valence-electron chi connectivity index (χ1n) is 10.3. The number of rotatable bonds is 4. The summed E-state index contributed by atoms with van der Waals surface area (Å²) in [6.07, 6.45) is 7.85. The van der Waals surface area contributed by atoms with Crippen LogP contribution >= 0.6 is 0 Å². The second kappa shape index (κ2) is 7.43. The highest BCUT2D eigenvalue weighted by molar-refractivity contribution is 5.80. The van der Waals surface area contributed by atoms with Gasteiger partial charge in [-0.05, 0) is 50.3 Å². The third-order valence-corrected chi connectivity index (χ3v) is 6.17. The minimum Gasteiger partial charge on any atom is -0.339 e. The predicted molar refractivity (Wildman–Crippen MR) is 108 cm³/mol. The van der Waals surface area contributed by atoms with E-state index in [9.17, 15) is 4.79 Å². The maximum absolute atomic E-state index is 13.0. The summed E-state index contributed by atoms with van der Waals surface area (Å²) in [5.41, 5.74) is 3.14. The lowest BCUT2D eigenvalue weighted by Crippen LogP contribution is -2.46. The summed E-state index contributed by atoms with van der Waals surface area (Å²) in [6.45, 7) is 2.06. The number of carbonyl (C=O) groups is 1. The van der Waals surface area contributed by atoms with Crippen LogP contribution in [0.25, 0.3) is 11.4 Å². The van der Waals surface area contributed by atoms with Gasteiger partial charge in [-0.1, -0.05) is 35.0 Å². The quantitative estimate of drug-likeness (QED) is 0.677. The average Bonchev–Trinajstić information content (AvgIpc) is 3.32. The predicted octanol–water partition coefficient (Wildman–Crippen LogP) is 3.92. The molecule has 3 atom stereocenters. The molecule has 6 heteroatoms. The zero-order valence-corrected chi connectivity index (χ0v) is 16.5. The fourth-order valence-electron chi connectivity index (χ4n) is 4.89. The van der Waals surface area contributed by atoms with Crippen molar-refractivity contribution < 1.29 is 9.32 Å². The van der Waals surface area contributed by atoms with Crippen LogP contribution in [0.1, 0.15) is 48.6 Å². The topological polar surface area (TPSA) is 72.1 Å². The Morgan fingerprint density at radius 1 is 1.17 bits per heavy atom. The van der Waals surface area contributed by atoms with Crippen molar-refractivity contribution in [3.8, 4) is 11.4 Å². The molecule has 3 aromatic rings. The summed E-state index contributed by atoms with van der Waals surface area (Å²) < 4.78 is 5.60. The Hall–Kier alpha value is -3.02. The van der Waals surface area contributed by atoms with Crippen molar-refractivity contribution in [1.82, 2.24) is 20.0 Å². The molecule has 1 aromatic carbocycles. The molecule has 0 aliphatic carbocycles. The average molecular weight is 388 g/mol. The molecule has 0 saturated carbocycles. The fourth-order valence-corrected chi connectivity index (χ4v) is 4.89. The van der Waals surface area contributed by atoms with Gasteiger partial charge in [0.1, 0.15) is 0 Å². The van der Waals surface area contributed by atoms with Gasteiger partial charge >= 0.3 is 0 Å². The summed E-state index contributed by atoms with van der Waals surface area (Å²) in [4.78, 5) is 23.9. The monoisotopic (exact) mass is 388 g/mol. The van der Waals surface area contributed by atoms with Crippen molar-refractivity contribution in [2.24, 2.45) is 0 Å². The van der Waals surface area contributed by atoms with E-state index in [0.29, 0.717) is 18.1 Å². The van der Waals surface area contributed by atoms with E-state index in [-0.39, 0.29) is 23.9 Å². The molecule has 2 aromatic heterocycles. The molecule has 2 saturated heterocycles. The lowest BCUT2D eigenvalue weighted by atomic mass is 9.90. The van der Waals surface area contributed by atoms with Crippen LogP contribution in [-0.4, -0.2) is 38.0 Å². The minimum absolute atomic E-state index is 0.216. The van der Waals surface area contributed by atoms with Gasteiger partial charge in [0, 0.05) is 36.0 Å². The van der Waals surface area contributed by atoms with E-state index in [2.05, 4.69) is 39.1 Å². The smallest absolute Gasteiger partial charge is 0.230 e. The number of nitrogens with zero attached hydrogens (tertiary/aromatic N) is 4. The highest BCUT2D eigenvalue weighted by Gasteiger charge is 2.44. The van der Waals surface area contributed by atoms with Gasteiger partial charge in [0.15, 0.2) is 0 Å². The molecule has 6 nitrogen and oxygen atoms in total. The van der Waals surface area contributed by atoms with Crippen molar-refractivity contribution >= 4 is 5.91 Å². The first-order chi connectivity index (χ1) is 14.2. The molecule has 2 aliphatic rings. The van der Waals surface area contributed by atoms with E-state index in [1.807, 2.05) is 24.3 Å². The largest absolute Gasteiger partial charge is 0.339 e. The number of aryl methyl sites for hydroxylation is 1. The van der Waals surface area contributed by atoms with E-state index >= 15 is 0 Å². The number of amides is 1. The summed E-state index contributed by atoms with van der Waals surface area (Å²) in [5.74, 6) is 1.72. The molecule has 5 rings (SSSR count). The van der Waals surface area contributed by atoms with E-state index in [1.54, 1.807) is 12.4 Å². The lowest BCUT2D eigenvalue weighted by Gasteiger charge is -2.38. The van der Waals surface area contributed by atoms with E-state index in [4.69, 9.17) is 4.52 Å². The maximum atomic E-state index is 13.0. The lowest BCUT2D eigenvalue weighted by molar-refractivity contribution is -0.135. The Labute approximate surface area is 170 Å². The summed E-state index contributed by atoms with van der Waals surface area (Å²) in [7, 11) is 0. The molecule has 0 N–H and O–H groups in total. The number of hydrogen-bond acceptors (Lipinski definition) is 5. The highest BCUT2D eigenvalue weighted by Crippen LogP contribution is 2.43. The van der Waals surface area contributed by atoms with Gasteiger partial charge in [-0.15, -0.1) is 0 Å². The molecule has 0 spiro atoms. The van der Waals surface area contributed by atoms with Crippen LogP contribution in [-0.2, 0) is 11.2 Å². The fraction of sp³-hybridized carbons (Fsp3) is 0.391. The molecular formula is C23H24N4O2. The van der Waals surface area contributed by atoms with Crippen LogP contribution in [0.2, 0.25) is 0 Å². The molecule has 148 valence electrons. The summed E-state index contributed by atoms with van der Waals surface area (Å²) in [6, 6.07) is 12.6. The molecule has 4 heterocycles. The second-order valence-corrected chi connectivity index (χ2v) is 8.22. The van der Waals surface area contributed by atoms with E-state index in [0.717, 1.165) is 36.8 Å². The number of fused-ring (bicyclic) bond motifs is 2.